The number of aryl methyl sites for hydroxylation is 1. The number of pyridine rings is 1. The monoisotopic (exact) mass is 319 g/mol. The van der Waals surface area contributed by atoms with Gasteiger partial charge in [-0.3, -0.25) is 9.78 Å². The Labute approximate surface area is 132 Å². The Hall–Kier alpha value is -0.840. The summed E-state index contributed by atoms with van der Waals surface area (Å²) < 4.78 is 0. The summed E-state index contributed by atoms with van der Waals surface area (Å²) in [7, 11) is 1.67. The third-order valence-electron chi connectivity index (χ3n) is 3.47. The van der Waals surface area contributed by atoms with Gasteiger partial charge in [0, 0.05) is 30.8 Å². The van der Waals surface area contributed by atoms with Crippen molar-refractivity contribution in [1.82, 2.24) is 15.6 Å². The summed E-state index contributed by atoms with van der Waals surface area (Å²) in [5.74, 6) is 0.648. The van der Waals surface area contributed by atoms with Gasteiger partial charge in [-0.1, -0.05) is 6.07 Å². The number of aromatic nitrogens is 1. The second-order valence-corrected chi connectivity index (χ2v) is 4.75. The molecule has 2 N–H and O–H groups in total. The first-order valence-electron chi connectivity index (χ1n) is 6.66. The Morgan fingerprint density at radius 2 is 2.05 bits per heavy atom. The molecular weight excluding hydrogens is 297 g/mol. The van der Waals surface area contributed by atoms with Crippen LogP contribution in [0.4, 0.5) is 0 Å². The molecule has 1 saturated heterocycles. The zero-order chi connectivity index (χ0) is 12.8. The number of carbonyl (C=O) groups is 1. The zero-order valence-corrected chi connectivity index (χ0v) is 13.4. The van der Waals surface area contributed by atoms with Gasteiger partial charge in [0.2, 0.25) is 5.91 Å². The second kappa shape index (κ2) is 9.97. The van der Waals surface area contributed by atoms with Crippen molar-refractivity contribution >= 4 is 30.7 Å². The van der Waals surface area contributed by atoms with Gasteiger partial charge in [-0.05, 0) is 44.5 Å². The molecule has 0 aromatic carbocycles. The van der Waals surface area contributed by atoms with Crippen molar-refractivity contribution < 1.29 is 4.79 Å². The first-order chi connectivity index (χ1) is 8.79. The van der Waals surface area contributed by atoms with Crippen LogP contribution >= 0.6 is 24.8 Å². The molecule has 1 aliphatic rings. The molecule has 1 aromatic rings. The number of hydrogen-bond acceptors (Lipinski definition) is 3. The van der Waals surface area contributed by atoms with Crippen LogP contribution in [0.1, 0.15) is 36.6 Å². The molecule has 0 bridgehead atoms. The van der Waals surface area contributed by atoms with Crippen LogP contribution < -0.4 is 10.6 Å². The maximum Gasteiger partial charge on any atom is 0.220 e. The fourth-order valence-electron chi connectivity index (χ4n) is 2.35. The molecule has 0 atom stereocenters. The lowest BCUT2D eigenvalue weighted by Crippen LogP contribution is -2.27. The Balaban J connectivity index is 0.00000180. The Morgan fingerprint density at radius 3 is 2.70 bits per heavy atom. The lowest BCUT2D eigenvalue weighted by atomic mass is 9.94. The highest BCUT2D eigenvalue weighted by Crippen LogP contribution is 2.23. The molecule has 0 aliphatic carbocycles. The lowest BCUT2D eigenvalue weighted by Gasteiger charge is -2.22. The van der Waals surface area contributed by atoms with E-state index in [4.69, 9.17) is 4.98 Å². The lowest BCUT2D eigenvalue weighted by molar-refractivity contribution is -0.120. The summed E-state index contributed by atoms with van der Waals surface area (Å²) in [5.41, 5.74) is 2.21. The van der Waals surface area contributed by atoms with Crippen LogP contribution in [-0.2, 0) is 11.2 Å². The van der Waals surface area contributed by atoms with Crippen LogP contribution in [0.5, 0.6) is 0 Å². The predicted molar refractivity (Wildman–Crippen MR) is 86.0 cm³/mol. The first-order valence-corrected chi connectivity index (χ1v) is 6.66. The fraction of sp³-hybridized carbons (Fsp3) is 0.571. The molecule has 1 aromatic heterocycles. The van der Waals surface area contributed by atoms with E-state index in [0.717, 1.165) is 38.0 Å². The summed E-state index contributed by atoms with van der Waals surface area (Å²) in [5, 5.41) is 6.00. The SMILES string of the molecule is CNC(=O)CCc1cccc(C2CCNCC2)n1.Cl.Cl. The van der Waals surface area contributed by atoms with E-state index in [1.165, 1.54) is 5.69 Å². The van der Waals surface area contributed by atoms with Gasteiger partial charge in [0.05, 0.1) is 0 Å². The molecule has 2 heterocycles. The molecule has 0 unspecified atom stereocenters. The van der Waals surface area contributed by atoms with Crippen molar-refractivity contribution in [3.05, 3.63) is 29.6 Å². The van der Waals surface area contributed by atoms with Gasteiger partial charge in [0.25, 0.3) is 0 Å². The van der Waals surface area contributed by atoms with Crippen LogP contribution in [0.15, 0.2) is 18.2 Å². The van der Waals surface area contributed by atoms with Crippen LogP contribution in [-0.4, -0.2) is 31.0 Å². The first kappa shape index (κ1) is 19.2. The van der Waals surface area contributed by atoms with Crippen molar-refractivity contribution in [2.75, 3.05) is 20.1 Å². The summed E-state index contributed by atoms with van der Waals surface area (Å²) in [6, 6.07) is 6.18. The van der Waals surface area contributed by atoms with Crippen molar-refractivity contribution in [2.45, 2.75) is 31.6 Å². The average molecular weight is 320 g/mol. The maximum atomic E-state index is 11.2. The average Bonchev–Trinajstić information content (AvgIpc) is 2.46. The van der Waals surface area contributed by atoms with Gasteiger partial charge in [-0.2, -0.15) is 0 Å². The maximum absolute atomic E-state index is 11.2. The van der Waals surface area contributed by atoms with Gasteiger partial charge < -0.3 is 10.6 Å². The molecule has 0 spiro atoms. The van der Waals surface area contributed by atoms with E-state index in [1.807, 2.05) is 6.07 Å². The third kappa shape index (κ3) is 5.65. The molecule has 2 rings (SSSR count). The number of hydrogen-bond donors (Lipinski definition) is 2. The number of nitrogens with one attached hydrogen (secondary N) is 2. The van der Waals surface area contributed by atoms with E-state index in [-0.39, 0.29) is 30.7 Å². The highest BCUT2D eigenvalue weighted by atomic mass is 35.5. The number of nitrogens with zero attached hydrogens (tertiary/aromatic N) is 1. The Morgan fingerprint density at radius 1 is 1.35 bits per heavy atom. The molecule has 1 fully saturated rings. The quantitative estimate of drug-likeness (QED) is 0.893. The second-order valence-electron chi connectivity index (χ2n) is 4.75. The minimum absolute atomic E-state index is 0. The molecule has 6 heteroatoms. The van der Waals surface area contributed by atoms with E-state index in [9.17, 15) is 4.79 Å². The van der Waals surface area contributed by atoms with E-state index in [1.54, 1.807) is 7.05 Å². The summed E-state index contributed by atoms with van der Waals surface area (Å²) >= 11 is 0. The van der Waals surface area contributed by atoms with E-state index >= 15 is 0 Å². The van der Waals surface area contributed by atoms with Crippen LogP contribution in [0.25, 0.3) is 0 Å². The van der Waals surface area contributed by atoms with Gasteiger partial charge in [0.1, 0.15) is 0 Å². The topological polar surface area (TPSA) is 54.0 Å². The molecule has 0 saturated carbocycles. The van der Waals surface area contributed by atoms with Crippen LogP contribution in [0, 0.1) is 0 Å². The molecule has 4 nitrogen and oxygen atoms in total. The van der Waals surface area contributed by atoms with Crippen LogP contribution in [0.3, 0.4) is 0 Å². The van der Waals surface area contributed by atoms with Crippen molar-refractivity contribution in [2.24, 2.45) is 0 Å². The fourth-order valence-corrected chi connectivity index (χ4v) is 2.35. The molecule has 114 valence electrons. The minimum atomic E-state index is 0. The van der Waals surface area contributed by atoms with Crippen LogP contribution in [0.2, 0.25) is 0 Å². The van der Waals surface area contributed by atoms with Crippen molar-refractivity contribution in [3.8, 4) is 0 Å². The van der Waals surface area contributed by atoms with Gasteiger partial charge in [0.15, 0.2) is 0 Å². The highest BCUT2D eigenvalue weighted by molar-refractivity contribution is 5.85. The smallest absolute Gasteiger partial charge is 0.220 e. The highest BCUT2D eigenvalue weighted by Gasteiger charge is 2.16. The molecule has 20 heavy (non-hydrogen) atoms. The van der Waals surface area contributed by atoms with Gasteiger partial charge in [-0.15, -0.1) is 24.8 Å². The van der Waals surface area contributed by atoms with Crippen molar-refractivity contribution in [1.29, 1.82) is 0 Å². The predicted octanol–water partition coefficient (Wildman–Crippen LogP) is 2.07. The van der Waals surface area contributed by atoms with E-state index < -0.39 is 0 Å². The number of amides is 1. The third-order valence-corrected chi connectivity index (χ3v) is 3.47. The Bertz CT molecular complexity index is 409. The van der Waals surface area contributed by atoms with E-state index in [0.29, 0.717) is 12.3 Å². The number of carbonyl (C=O) groups excluding carboxylic acids is 1. The number of piperidine rings is 1. The van der Waals surface area contributed by atoms with Gasteiger partial charge in [-0.25, -0.2) is 0 Å². The number of rotatable bonds is 4. The Kier molecular flexibility index (Phi) is 9.55. The standard InChI is InChI=1S/C14H21N3O.2ClH/c1-15-14(18)6-5-12-3-2-4-13(17-12)11-7-9-16-10-8-11;;/h2-4,11,16H,5-10H2,1H3,(H,15,18);2*1H. The molecule has 0 radical (unpaired) electrons. The molecular formula is C14H23Cl2N3O. The molecule has 1 aliphatic heterocycles. The minimum Gasteiger partial charge on any atom is -0.359 e. The van der Waals surface area contributed by atoms with Gasteiger partial charge >= 0.3 is 0 Å². The summed E-state index contributed by atoms with van der Waals surface area (Å²) in [6.45, 7) is 2.16. The normalized spacial score (nSPS) is 14.8. The largest absolute Gasteiger partial charge is 0.359 e. The zero-order valence-electron chi connectivity index (χ0n) is 11.7. The number of halogens is 2. The van der Waals surface area contributed by atoms with Crippen molar-refractivity contribution in [3.63, 3.8) is 0 Å². The molecule has 1 amide bonds. The summed E-state index contributed by atoms with van der Waals surface area (Å²) in [4.78, 5) is 15.9. The summed E-state index contributed by atoms with van der Waals surface area (Å²) in [6.07, 6.45) is 3.55. The van der Waals surface area contributed by atoms with E-state index in [2.05, 4.69) is 22.8 Å².